The molecule has 2 rings (SSSR count). The first-order valence-electron chi connectivity index (χ1n) is 7.03. The van der Waals surface area contributed by atoms with E-state index in [-0.39, 0.29) is 5.41 Å². The Hall–Kier alpha value is -1.32. The van der Waals surface area contributed by atoms with Gasteiger partial charge in [-0.25, -0.2) is 0 Å². The highest BCUT2D eigenvalue weighted by Gasteiger charge is 2.15. The van der Waals surface area contributed by atoms with Crippen LogP contribution in [0.5, 0.6) is 5.75 Å². The average molecular weight is 289 g/mol. The van der Waals surface area contributed by atoms with Crippen molar-refractivity contribution in [3.63, 3.8) is 0 Å². The Balaban J connectivity index is 1.67. The molecule has 0 spiro atoms. The summed E-state index contributed by atoms with van der Waals surface area (Å²) in [4.78, 5) is 2.82. The quantitative estimate of drug-likeness (QED) is 0.804. The van der Waals surface area contributed by atoms with E-state index in [1.807, 2.05) is 41.7 Å². The molecule has 0 aliphatic carbocycles. The summed E-state index contributed by atoms with van der Waals surface area (Å²) in [6.45, 7) is 9.23. The third-order valence-electron chi connectivity index (χ3n) is 2.99. The van der Waals surface area contributed by atoms with E-state index >= 15 is 0 Å². The Kier molecular flexibility index (Phi) is 5.21. The molecule has 0 radical (unpaired) electrons. The van der Waals surface area contributed by atoms with E-state index in [2.05, 4.69) is 38.2 Å². The van der Waals surface area contributed by atoms with Gasteiger partial charge in [-0.05, 0) is 29.7 Å². The van der Waals surface area contributed by atoms with Crippen molar-refractivity contribution in [2.45, 2.75) is 32.7 Å². The molecular weight excluding hydrogens is 266 g/mol. The van der Waals surface area contributed by atoms with Gasteiger partial charge in [-0.1, -0.05) is 39.0 Å². The minimum Gasteiger partial charge on any atom is -0.492 e. The standard InChI is InChI=1S/C17H23NOS/c1-17(2,3)16-10-9-15(20-16)13-18-11-12-19-14-7-5-4-6-8-14/h4-10,18H,11-13H2,1-3H3. The predicted octanol–water partition coefficient (Wildman–Crippen LogP) is 4.21. The Morgan fingerprint density at radius 2 is 1.80 bits per heavy atom. The number of thiophene rings is 1. The molecule has 108 valence electrons. The molecule has 1 heterocycles. The molecule has 0 aliphatic heterocycles. The molecule has 1 aromatic heterocycles. The van der Waals surface area contributed by atoms with E-state index in [4.69, 9.17) is 4.74 Å². The molecule has 0 saturated heterocycles. The summed E-state index contributed by atoms with van der Waals surface area (Å²) in [6, 6.07) is 14.4. The van der Waals surface area contributed by atoms with Crippen LogP contribution in [0, 0.1) is 0 Å². The molecule has 0 bridgehead atoms. The van der Waals surface area contributed by atoms with Crippen LogP contribution in [-0.2, 0) is 12.0 Å². The van der Waals surface area contributed by atoms with Crippen LogP contribution < -0.4 is 10.1 Å². The van der Waals surface area contributed by atoms with Gasteiger partial charge in [0.2, 0.25) is 0 Å². The fourth-order valence-electron chi connectivity index (χ4n) is 1.85. The highest BCUT2D eigenvalue weighted by molar-refractivity contribution is 7.12. The van der Waals surface area contributed by atoms with Crippen molar-refractivity contribution in [1.82, 2.24) is 5.32 Å². The van der Waals surface area contributed by atoms with Gasteiger partial charge in [0.1, 0.15) is 12.4 Å². The number of para-hydroxylation sites is 1. The summed E-state index contributed by atoms with van der Waals surface area (Å²) in [7, 11) is 0. The van der Waals surface area contributed by atoms with Gasteiger partial charge in [-0.3, -0.25) is 0 Å². The Bertz CT molecular complexity index is 513. The van der Waals surface area contributed by atoms with Crippen LogP contribution in [0.15, 0.2) is 42.5 Å². The maximum absolute atomic E-state index is 5.64. The number of benzene rings is 1. The first-order valence-corrected chi connectivity index (χ1v) is 7.85. The van der Waals surface area contributed by atoms with Gasteiger partial charge < -0.3 is 10.1 Å². The highest BCUT2D eigenvalue weighted by atomic mass is 32.1. The van der Waals surface area contributed by atoms with Crippen molar-refractivity contribution < 1.29 is 4.74 Å². The summed E-state index contributed by atoms with van der Waals surface area (Å²) >= 11 is 1.89. The molecule has 0 atom stereocenters. The SMILES string of the molecule is CC(C)(C)c1ccc(CNCCOc2ccccc2)s1. The van der Waals surface area contributed by atoms with E-state index in [9.17, 15) is 0 Å². The van der Waals surface area contributed by atoms with Crippen LogP contribution in [0.1, 0.15) is 30.5 Å². The molecule has 1 aromatic carbocycles. The average Bonchev–Trinajstić information content (AvgIpc) is 2.88. The fourth-order valence-corrected chi connectivity index (χ4v) is 2.88. The molecule has 0 amide bonds. The Morgan fingerprint density at radius 3 is 2.45 bits per heavy atom. The second-order valence-electron chi connectivity index (χ2n) is 5.85. The lowest BCUT2D eigenvalue weighted by atomic mass is 9.95. The van der Waals surface area contributed by atoms with Crippen LogP contribution in [-0.4, -0.2) is 13.2 Å². The molecule has 0 unspecified atom stereocenters. The lowest BCUT2D eigenvalue weighted by molar-refractivity contribution is 0.314. The summed E-state index contributed by atoms with van der Waals surface area (Å²) < 4.78 is 5.64. The molecule has 3 heteroatoms. The number of hydrogen-bond donors (Lipinski definition) is 1. The zero-order valence-corrected chi connectivity index (χ0v) is 13.3. The van der Waals surface area contributed by atoms with Crippen LogP contribution in [0.3, 0.4) is 0 Å². The molecule has 0 saturated carbocycles. The second kappa shape index (κ2) is 6.91. The number of nitrogens with one attached hydrogen (secondary N) is 1. The molecule has 0 aliphatic rings. The van der Waals surface area contributed by atoms with E-state index in [0.29, 0.717) is 6.61 Å². The summed E-state index contributed by atoms with van der Waals surface area (Å²) in [5, 5.41) is 3.42. The summed E-state index contributed by atoms with van der Waals surface area (Å²) in [5.74, 6) is 0.931. The second-order valence-corrected chi connectivity index (χ2v) is 7.02. The van der Waals surface area contributed by atoms with Crippen LogP contribution in [0.4, 0.5) is 0 Å². The van der Waals surface area contributed by atoms with Gasteiger partial charge in [0.15, 0.2) is 0 Å². The van der Waals surface area contributed by atoms with Crippen LogP contribution >= 0.6 is 11.3 Å². The normalized spacial score (nSPS) is 11.6. The van der Waals surface area contributed by atoms with Crippen molar-refractivity contribution in [2.24, 2.45) is 0 Å². The lowest BCUT2D eigenvalue weighted by Crippen LogP contribution is -2.20. The third kappa shape index (κ3) is 4.66. The molecule has 20 heavy (non-hydrogen) atoms. The minimum absolute atomic E-state index is 0.249. The molecule has 1 N–H and O–H groups in total. The monoisotopic (exact) mass is 289 g/mol. The van der Waals surface area contributed by atoms with Gasteiger partial charge in [0, 0.05) is 22.8 Å². The number of rotatable bonds is 6. The van der Waals surface area contributed by atoms with Crippen molar-refractivity contribution >= 4 is 11.3 Å². The van der Waals surface area contributed by atoms with Crippen molar-refractivity contribution in [3.05, 3.63) is 52.2 Å². The zero-order valence-electron chi connectivity index (χ0n) is 12.5. The molecule has 2 aromatic rings. The topological polar surface area (TPSA) is 21.3 Å². The summed E-state index contributed by atoms with van der Waals surface area (Å²) in [6.07, 6.45) is 0. The van der Waals surface area contributed by atoms with Gasteiger partial charge in [-0.2, -0.15) is 0 Å². The number of hydrogen-bond acceptors (Lipinski definition) is 3. The van der Waals surface area contributed by atoms with E-state index in [1.54, 1.807) is 0 Å². The smallest absolute Gasteiger partial charge is 0.119 e. The Morgan fingerprint density at radius 1 is 1.05 bits per heavy atom. The maximum atomic E-state index is 5.64. The zero-order chi connectivity index (χ0) is 14.4. The van der Waals surface area contributed by atoms with Crippen molar-refractivity contribution in [3.8, 4) is 5.75 Å². The number of ether oxygens (including phenoxy) is 1. The van der Waals surface area contributed by atoms with Gasteiger partial charge in [0.05, 0.1) is 0 Å². The fraction of sp³-hybridized carbons (Fsp3) is 0.412. The largest absolute Gasteiger partial charge is 0.492 e. The molecule has 2 nitrogen and oxygen atoms in total. The molecule has 0 fully saturated rings. The first kappa shape index (κ1) is 15.1. The first-order chi connectivity index (χ1) is 9.55. The summed E-state index contributed by atoms with van der Waals surface area (Å²) in [5.41, 5.74) is 0.249. The Labute approximate surface area is 125 Å². The van der Waals surface area contributed by atoms with Crippen LogP contribution in [0.2, 0.25) is 0 Å². The maximum Gasteiger partial charge on any atom is 0.119 e. The van der Waals surface area contributed by atoms with Crippen LogP contribution in [0.25, 0.3) is 0 Å². The van der Waals surface area contributed by atoms with Gasteiger partial charge >= 0.3 is 0 Å². The third-order valence-corrected chi connectivity index (χ3v) is 4.50. The van der Waals surface area contributed by atoms with E-state index in [0.717, 1.165) is 18.8 Å². The van der Waals surface area contributed by atoms with Crippen molar-refractivity contribution in [2.75, 3.05) is 13.2 Å². The van der Waals surface area contributed by atoms with E-state index in [1.165, 1.54) is 9.75 Å². The van der Waals surface area contributed by atoms with Gasteiger partial charge in [0.25, 0.3) is 0 Å². The van der Waals surface area contributed by atoms with Crippen molar-refractivity contribution in [1.29, 1.82) is 0 Å². The predicted molar refractivity (Wildman–Crippen MR) is 86.7 cm³/mol. The van der Waals surface area contributed by atoms with E-state index < -0.39 is 0 Å². The van der Waals surface area contributed by atoms with Gasteiger partial charge in [-0.15, -0.1) is 11.3 Å². The highest BCUT2D eigenvalue weighted by Crippen LogP contribution is 2.29. The molecular formula is C17H23NOS. The lowest BCUT2D eigenvalue weighted by Gasteiger charge is -2.15. The minimum atomic E-state index is 0.249.